The zero-order chi connectivity index (χ0) is 11.1. The molecule has 0 aliphatic carbocycles. The van der Waals surface area contributed by atoms with Crippen LogP contribution in [0, 0.1) is 0 Å². The molecule has 0 saturated carbocycles. The maximum absolute atomic E-state index is 11.6. The lowest BCUT2D eigenvalue weighted by atomic mass is 10.2. The molecule has 1 N–H and O–H groups in total. The van der Waals surface area contributed by atoms with Gasteiger partial charge in [-0.15, -0.1) is 0 Å². The van der Waals surface area contributed by atoms with Gasteiger partial charge in [0.15, 0.2) is 0 Å². The lowest BCUT2D eigenvalue weighted by molar-refractivity contribution is 0.0938. The van der Waals surface area contributed by atoms with Crippen LogP contribution in [-0.2, 0) is 0 Å². The topological polar surface area (TPSA) is 54.9 Å². The monoisotopic (exact) mass is 271 g/mol. The van der Waals surface area contributed by atoms with Crippen molar-refractivity contribution in [2.24, 2.45) is 0 Å². The van der Waals surface area contributed by atoms with Gasteiger partial charge in [-0.1, -0.05) is 15.9 Å². The SMILES string of the molecule is CC(CCCBr)NC(=O)c1ccnnc1. The number of alkyl halides is 1. The van der Waals surface area contributed by atoms with Crippen molar-refractivity contribution in [1.29, 1.82) is 0 Å². The smallest absolute Gasteiger partial charge is 0.253 e. The van der Waals surface area contributed by atoms with E-state index >= 15 is 0 Å². The minimum absolute atomic E-state index is 0.0908. The van der Waals surface area contributed by atoms with Gasteiger partial charge in [0.25, 0.3) is 5.91 Å². The van der Waals surface area contributed by atoms with Crippen LogP contribution in [0.2, 0.25) is 0 Å². The Balaban J connectivity index is 2.42. The normalized spacial score (nSPS) is 12.1. The summed E-state index contributed by atoms with van der Waals surface area (Å²) in [4.78, 5) is 11.6. The molecule has 1 unspecified atom stereocenters. The van der Waals surface area contributed by atoms with Crippen LogP contribution < -0.4 is 5.32 Å². The van der Waals surface area contributed by atoms with Gasteiger partial charge >= 0.3 is 0 Å². The molecule has 1 aromatic rings. The Morgan fingerprint density at radius 3 is 3.00 bits per heavy atom. The predicted octanol–water partition coefficient (Wildman–Crippen LogP) is 1.77. The molecule has 0 bridgehead atoms. The molecular formula is C10H14BrN3O. The maximum atomic E-state index is 11.6. The summed E-state index contributed by atoms with van der Waals surface area (Å²) in [6.45, 7) is 2.00. The fourth-order valence-corrected chi connectivity index (χ4v) is 1.51. The molecule has 0 fully saturated rings. The Morgan fingerprint density at radius 1 is 1.60 bits per heavy atom. The highest BCUT2D eigenvalue weighted by Gasteiger charge is 2.08. The summed E-state index contributed by atoms with van der Waals surface area (Å²) < 4.78 is 0. The minimum atomic E-state index is -0.0908. The lowest BCUT2D eigenvalue weighted by Crippen LogP contribution is -2.32. The van der Waals surface area contributed by atoms with Crippen LogP contribution in [0.25, 0.3) is 0 Å². The van der Waals surface area contributed by atoms with Gasteiger partial charge in [0.2, 0.25) is 0 Å². The average molecular weight is 272 g/mol. The minimum Gasteiger partial charge on any atom is -0.350 e. The third-order valence-electron chi connectivity index (χ3n) is 1.99. The maximum Gasteiger partial charge on any atom is 0.253 e. The second-order valence-corrected chi connectivity index (χ2v) is 4.13. The van der Waals surface area contributed by atoms with Crippen LogP contribution >= 0.6 is 15.9 Å². The first-order valence-electron chi connectivity index (χ1n) is 4.87. The van der Waals surface area contributed by atoms with Crippen LogP contribution in [0.4, 0.5) is 0 Å². The summed E-state index contributed by atoms with van der Waals surface area (Å²) in [6, 6.07) is 1.84. The van der Waals surface area contributed by atoms with Crippen molar-refractivity contribution < 1.29 is 4.79 Å². The molecule has 1 aromatic heterocycles. The molecule has 0 spiro atoms. The molecule has 1 amide bonds. The van der Waals surface area contributed by atoms with E-state index in [2.05, 4.69) is 31.4 Å². The molecular weight excluding hydrogens is 258 g/mol. The van der Waals surface area contributed by atoms with Gasteiger partial charge in [-0.2, -0.15) is 10.2 Å². The van der Waals surface area contributed by atoms with Crippen molar-refractivity contribution in [3.8, 4) is 0 Å². The number of halogens is 1. The van der Waals surface area contributed by atoms with Crippen molar-refractivity contribution in [2.75, 3.05) is 5.33 Å². The number of hydrogen-bond donors (Lipinski definition) is 1. The number of nitrogens with one attached hydrogen (secondary N) is 1. The largest absolute Gasteiger partial charge is 0.350 e. The second kappa shape index (κ2) is 6.50. The van der Waals surface area contributed by atoms with Crippen molar-refractivity contribution in [3.63, 3.8) is 0 Å². The van der Waals surface area contributed by atoms with E-state index in [1.54, 1.807) is 6.07 Å². The molecule has 1 heterocycles. The summed E-state index contributed by atoms with van der Waals surface area (Å²) >= 11 is 3.36. The van der Waals surface area contributed by atoms with E-state index in [-0.39, 0.29) is 11.9 Å². The third kappa shape index (κ3) is 4.38. The quantitative estimate of drug-likeness (QED) is 0.831. The molecule has 0 aromatic carbocycles. The number of aromatic nitrogens is 2. The van der Waals surface area contributed by atoms with Gasteiger partial charge in [-0.3, -0.25) is 4.79 Å². The first-order chi connectivity index (χ1) is 7.24. The van der Waals surface area contributed by atoms with Gasteiger partial charge in [0.1, 0.15) is 0 Å². The van der Waals surface area contributed by atoms with Gasteiger partial charge in [0, 0.05) is 11.4 Å². The summed E-state index contributed by atoms with van der Waals surface area (Å²) in [5, 5.41) is 11.1. The molecule has 0 aliphatic heterocycles. The Morgan fingerprint density at radius 2 is 2.40 bits per heavy atom. The van der Waals surface area contributed by atoms with E-state index in [0.29, 0.717) is 5.56 Å². The highest BCUT2D eigenvalue weighted by atomic mass is 79.9. The van der Waals surface area contributed by atoms with E-state index < -0.39 is 0 Å². The number of carbonyl (C=O) groups is 1. The fourth-order valence-electron chi connectivity index (χ4n) is 1.19. The van der Waals surface area contributed by atoms with Crippen molar-refractivity contribution in [2.45, 2.75) is 25.8 Å². The molecule has 4 nitrogen and oxygen atoms in total. The summed E-state index contributed by atoms with van der Waals surface area (Å²) in [5.41, 5.74) is 0.552. The number of nitrogens with zero attached hydrogens (tertiary/aromatic N) is 2. The van der Waals surface area contributed by atoms with Crippen LogP contribution in [-0.4, -0.2) is 27.5 Å². The van der Waals surface area contributed by atoms with E-state index in [1.165, 1.54) is 12.4 Å². The van der Waals surface area contributed by atoms with E-state index in [4.69, 9.17) is 0 Å². The number of amides is 1. The van der Waals surface area contributed by atoms with Crippen LogP contribution in [0.1, 0.15) is 30.1 Å². The fraction of sp³-hybridized carbons (Fsp3) is 0.500. The Labute approximate surface area is 97.6 Å². The molecule has 1 atom stereocenters. The number of carbonyl (C=O) groups excluding carboxylic acids is 1. The predicted molar refractivity (Wildman–Crippen MR) is 62.0 cm³/mol. The zero-order valence-electron chi connectivity index (χ0n) is 8.61. The molecule has 0 aliphatic rings. The molecule has 0 saturated heterocycles. The molecule has 1 rings (SSSR count). The molecule has 15 heavy (non-hydrogen) atoms. The molecule has 0 radical (unpaired) electrons. The van der Waals surface area contributed by atoms with E-state index in [1.807, 2.05) is 6.92 Å². The van der Waals surface area contributed by atoms with Gasteiger partial charge in [-0.25, -0.2) is 0 Å². The summed E-state index contributed by atoms with van der Waals surface area (Å²) in [5.74, 6) is -0.0908. The van der Waals surface area contributed by atoms with Crippen molar-refractivity contribution in [3.05, 3.63) is 24.0 Å². The number of hydrogen-bond acceptors (Lipinski definition) is 3. The van der Waals surface area contributed by atoms with E-state index in [0.717, 1.165) is 18.2 Å². The molecule has 5 heteroatoms. The van der Waals surface area contributed by atoms with Crippen molar-refractivity contribution in [1.82, 2.24) is 15.5 Å². The average Bonchev–Trinajstić information content (AvgIpc) is 2.27. The van der Waals surface area contributed by atoms with Crippen LogP contribution in [0.15, 0.2) is 18.5 Å². The third-order valence-corrected chi connectivity index (χ3v) is 2.56. The molecule has 82 valence electrons. The zero-order valence-corrected chi connectivity index (χ0v) is 10.2. The van der Waals surface area contributed by atoms with Crippen LogP contribution in [0.5, 0.6) is 0 Å². The highest BCUT2D eigenvalue weighted by molar-refractivity contribution is 9.09. The standard InChI is InChI=1S/C10H14BrN3O/c1-8(3-2-5-11)14-10(15)9-4-6-12-13-7-9/h4,6-8H,2-3,5H2,1H3,(H,14,15). The summed E-state index contributed by atoms with van der Waals surface area (Å²) in [6.07, 6.45) is 5.00. The van der Waals surface area contributed by atoms with Gasteiger partial charge in [0.05, 0.1) is 18.0 Å². The highest BCUT2D eigenvalue weighted by Crippen LogP contribution is 2.01. The lowest BCUT2D eigenvalue weighted by Gasteiger charge is -2.12. The van der Waals surface area contributed by atoms with Crippen LogP contribution in [0.3, 0.4) is 0 Å². The Bertz CT molecular complexity index is 305. The first kappa shape index (κ1) is 12.1. The number of rotatable bonds is 5. The first-order valence-corrected chi connectivity index (χ1v) is 5.99. The Hall–Kier alpha value is -0.970. The van der Waals surface area contributed by atoms with Gasteiger partial charge < -0.3 is 5.32 Å². The van der Waals surface area contributed by atoms with Gasteiger partial charge in [-0.05, 0) is 25.8 Å². The second-order valence-electron chi connectivity index (χ2n) is 3.34. The van der Waals surface area contributed by atoms with Crippen molar-refractivity contribution >= 4 is 21.8 Å². The Kier molecular flexibility index (Phi) is 5.25. The summed E-state index contributed by atoms with van der Waals surface area (Å²) in [7, 11) is 0. The van der Waals surface area contributed by atoms with E-state index in [9.17, 15) is 4.79 Å².